The van der Waals surface area contributed by atoms with Crippen LogP contribution in [0, 0.1) is 6.92 Å². The first-order valence-corrected chi connectivity index (χ1v) is 12.4. The average Bonchev–Trinajstić information content (AvgIpc) is 2.95. The van der Waals surface area contributed by atoms with E-state index in [9.17, 15) is 9.59 Å². The highest BCUT2D eigenvalue weighted by atomic mass is 35.5. The molecule has 1 amide bonds. The van der Waals surface area contributed by atoms with Crippen molar-refractivity contribution in [3.05, 3.63) is 39.7 Å². The minimum atomic E-state index is -1.82. The van der Waals surface area contributed by atoms with Gasteiger partial charge < -0.3 is 20.3 Å². The highest BCUT2D eigenvalue weighted by molar-refractivity contribution is 7.17. The molecule has 1 aromatic carbocycles. The number of carboxylic acids is 2. The third kappa shape index (κ3) is 8.65. The Bertz CT molecular complexity index is 1030. The van der Waals surface area contributed by atoms with Gasteiger partial charge in [0.1, 0.15) is 10.6 Å². The molecule has 1 aliphatic heterocycles. The number of aryl methyl sites for hydroxylation is 1. The number of nitrogens with zero attached hydrogens (tertiary/aromatic N) is 1. The number of carboxylic acid groups (broad SMARTS) is 2. The van der Waals surface area contributed by atoms with E-state index in [0.29, 0.717) is 22.1 Å². The van der Waals surface area contributed by atoms with Gasteiger partial charge in [-0.1, -0.05) is 36.6 Å². The highest BCUT2D eigenvalue weighted by Crippen LogP contribution is 2.40. The lowest BCUT2D eigenvalue weighted by molar-refractivity contribution is -0.159. The Morgan fingerprint density at radius 2 is 1.60 bits per heavy atom. The van der Waals surface area contributed by atoms with Gasteiger partial charge in [-0.3, -0.25) is 9.69 Å². The van der Waals surface area contributed by atoms with Gasteiger partial charge in [-0.05, 0) is 57.5 Å². The number of nitrogens with one attached hydrogen (secondary N) is 1. The molecule has 0 atom stereocenters. The second-order valence-electron chi connectivity index (χ2n) is 7.81. The molecule has 0 unspecified atom stereocenters. The second kappa shape index (κ2) is 13.8. The summed E-state index contributed by atoms with van der Waals surface area (Å²) in [6, 6.07) is 7.34. The standard InChI is InChI=1S/C22H27ClN2O3S.C2H2O4/c1-3-28-22(27)20-19(16-8-10-17(23)11-9-16)15(2)29-21(20)24-18(26)14-25-12-6-4-5-7-13-25;3-1(4)2(5)6/h8-11H,3-7,12-14H2,1-2H3,(H,24,26);(H,3,4)(H,5,6). The van der Waals surface area contributed by atoms with Crippen LogP contribution in [0.3, 0.4) is 0 Å². The Morgan fingerprint density at radius 3 is 2.11 bits per heavy atom. The lowest BCUT2D eigenvalue weighted by Crippen LogP contribution is -2.34. The number of benzene rings is 1. The van der Waals surface area contributed by atoms with Gasteiger partial charge in [0.25, 0.3) is 0 Å². The van der Waals surface area contributed by atoms with Gasteiger partial charge in [-0.15, -0.1) is 11.3 Å². The Morgan fingerprint density at radius 1 is 1.03 bits per heavy atom. The first kappa shape index (κ1) is 28.3. The molecule has 1 saturated heterocycles. The predicted molar refractivity (Wildman–Crippen MR) is 134 cm³/mol. The third-order valence-electron chi connectivity index (χ3n) is 5.20. The van der Waals surface area contributed by atoms with Gasteiger partial charge in [-0.2, -0.15) is 0 Å². The molecule has 2 heterocycles. The van der Waals surface area contributed by atoms with Gasteiger partial charge in [0.2, 0.25) is 5.91 Å². The summed E-state index contributed by atoms with van der Waals surface area (Å²) in [6.45, 7) is 6.22. The fraction of sp³-hybridized carbons (Fsp3) is 0.417. The van der Waals surface area contributed by atoms with Gasteiger partial charge in [0, 0.05) is 15.5 Å². The number of aliphatic carboxylic acids is 2. The molecular formula is C24H29ClN2O7S. The van der Waals surface area contributed by atoms with E-state index in [1.54, 1.807) is 19.1 Å². The lowest BCUT2D eigenvalue weighted by Gasteiger charge is -2.19. The number of amides is 1. The molecule has 2 aromatic rings. The van der Waals surface area contributed by atoms with Crippen LogP contribution < -0.4 is 5.32 Å². The van der Waals surface area contributed by atoms with Crippen LogP contribution in [0.1, 0.15) is 47.8 Å². The van der Waals surface area contributed by atoms with Crippen molar-refractivity contribution in [2.75, 3.05) is 31.6 Å². The zero-order valence-electron chi connectivity index (χ0n) is 19.6. The number of hydrogen-bond acceptors (Lipinski definition) is 7. The molecule has 0 aliphatic carbocycles. The molecule has 1 aliphatic rings. The average molecular weight is 525 g/mol. The number of likely N-dealkylation sites (tertiary alicyclic amines) is 1. The molecule has 0 radical (unpaired) electrons. The van der Waals surface area contributed by atoms with E-state index in [2.05, 4.69) is 10.2 Å². The van der Waals surface area contributed by atoms with Crippen LogP contribution in [0.4, 0.5) is 5.00 Å². The normalized spacial score (nSPS) is 13.7. The van der Waals surface area contributed by atoms with Crippen molar-refractivity contribution < 1.29 is 34.1 Å². The minimum Gasteiger partial charge on any atom is -0.473 e. The summed E-state index contributed by atoms with van der Waals surface area (Å²) in [7, 11) is 0. The minimum absolute atomic E-state index is 0.0960. The van der Waals surface area contributed by atoms with Gasteiger partial charge in [-0.25, -0.2) is 14.4 Å². The number of carbonyl (C=O) groups excluding carboxylic acids is 2. The van der Waals surface area contributed by atoms with Crippen LogP contribution in [0.5, 0.6) is 0 Å². The number of hydrogen-bond donors (Lipinski definition) is 3. The molecule has 3 N–H and O–H groups in total. The number of ether oxygens (including phenoxy) is 1. The zero-order valence-corrected chi connectivity index (χ0v) is 21.2. The number of esters is 1. The predicted octanol–water partition coefficient (Wildman–Crippen LogP) is 4.52. The molecule has 0 saturated carbocycles. The maximum Gasteiger partial charge on any atom is 0.414 e. The molecule has 1 aromatic heterocycles. The van der Waals surface area contributed by atoms with Crippen LogP contribution in [0.15, 0.2) is 24.3 Å². The van der Waals surface area contributed by atoms with Gasteiger partial charge in [0.05, 0.1) is 13.2 Å². The summed E-state index contributed by atoms with van der Waals surface area (Å²) in [5.41, 5.74) is 2.08. The van der Waals surface area contributed by atoms with Crippen LogP contribution in [0.25, 0.3) is 11.1 Å². The van der Waals surface area contributed by atoms with E-state index >= 15 is 0 Å². The number of thiophene rings is 1. The lowest BCUT2D eigenvalue weighted by atomic mass is 10.0. The molecule has 35 heavy (non-hydrogen) atoms. The van der Waals surface area contributed by atoms with Crippen molar-refractivity contribution in [1.82, 2.24) is 4.90 Å². The fourth-order valence-corrected chi connectivity index (χ4v) is 4.86. The van der Waals surface area contributed by atoms with E-state index < -0.39 is 17.9 Å². The number of rotatable bonds is 6. The van der Waals surface area contributed by atoms with E-state index in [4.69, 9.17) is 36.1 Å². The monoisotopic (exact) mass is 524 g/mol. The quantitative estimate of drug-likeness (QED) is 0.371. The van der Waals surface area contributed by atoms with Crippen LogP contribution >= 0.6 is 22.9 Å². The first-order chi connectivity index (χ1) is 16.6. The largest absolute Gasteiger partial charge is 0.473 e. The number of halogens is 1. The Hall–Kier alpha value is -2.95. The van der Waals surface area contributed by atoms with E-state index in [0.717, 1.165) is 41.9 Å². The summed E-state index contributed by atoms with van der Waals surface area (Å²) in [5.74, 6) is -4.17. The van der Waals surface area contributed by atoms with Crippen LogP contribution in [-0.4, -0.2) is 65.2 Å². The van der Waals surface area contributed by atoms with E-state index in [-0.39, 0.29) is 12.5 Å². The summed E-state index contributed by atoms with van der Waals surface area (Å²) < 4.78 is 5.30. The molecule has 9 nitrogen and oxygen atoms in total. The Labute approximate surface area is 212 Å². The van der Waals surface area contributed by atoms with Gasteiger partial charge >= 0.3 is 17.9 Å². The van der Waals surface area contributed by atoms with Crippen molar-refractivity contribution in [1.29, 1.82) is 0 Å². The molecule has 190 valence electrons. The summed E-state index contributed by atoms with van der Waals surface area (Å²) in [5, 5.41) is 18.9. The van der Waals surface area contributed by atoms with Crippen molar-refractivity contribution in [2.24, 2.45) is 0 Å². The summed E-state index contributed by atoms with van der Waals surface area (Å²) in [6.07, 6.45) is 4.69. The maximum atomic E-state index is 12.8. The highest BCUT2D eigenvalue weighted by Gasteiger charge is 2.26. The second-order valence-corrected chi connectivity index (χ2v) is 9.47. The zero-order chi connectivity index (χ0) is 26.0. The summed E-state index contributed by atoms with van der Waals surface area (Å²) >= 11 is 7.42. The molecule has 0 spiro atoms. The SMILES string of the molecule is CCOC(=O)c1c(NC(=O)CN2CCCCCC2)sc(C)c1-c1ccc(Cl)cc1.O=C(O)C(=O)O. The fourth-order valence-electron chi connectivity index (χ4n) is 3.66. The Balaban J connectivity index is 0.000000641. The van der Waals surface area contributed by atoms with E-state index in [1.165, 1.54) is 24.2 Å². The van der Waals surface area contributed by atoms with Gasteiger partial charge in [0.15, 0.2) is 0 Å². The van der Waals surface area contributed by atoms with Crippen molar-refractivity contribution in [3.8, 4) is 11.1 Å². The number of carbonyl (C=O) groups is 4. The number of anilines is 1. The van der Waals surface area contributed by atoms with E-state index in [1.807, 2.05) is 19.1 Å². The molecule has 3 rings (SSSR count). The third-order valence-corrected chi connectivity index (χ3v) is 6.47. The first-order valence-electron chi connectivity index (χ1n) is 11.2. The van der Waals surface area contributed by atoms with Crippen molar-refractivity contribution >= 4 is 51.8 Å². The Kier molecular flexibility index (Phi) is 11.2. The topological polar surface area (TPSA) is 133 Å². The molecule has 0 bridgehead atoms. The maximum absolute atomic E-state index is 12.8. The summed E-state index contributed by atoms with van der Waals surface area (Å²) in [4.78, 5) is 46.8. The molecular weight excluding hydrogens is 496 g/mol. The molecule has 11 heteroatoms. The van der Waals surface area contributed by atoms with Crippen LogP contribution in [-0.2, 0) is 19.1 Å². The van der Waals surface area contributed by atoms with Crippen molar-refractivity contribution in [2.45, 2.75) is 39.5 Å². The van der Waals surface area contributed by atoms with Crippen molar-refractivity contribution in [3.63, 3.8) is 0 Å². The molecule has 1 fully saturated rings. The smallest absolute Gasteiger partial charge is 0.414 e. The van der Waals surface area contributed by atoms with Crippen LogP contribution in [0.2, 0.25) is 5.02 Å².